The van der Waals surface area contributed by atoms with Crippen LogP contribution in [0, 0.1) is 6.92 Å². The van der Waals surface area contributed by atoms with E-state index in [9.17, 15) is 18.0 Å². The molecule has 0 aliphatic carbocycles. The van der Waals surface area contributed by atoms with Gasteiger partial charge < -0.3 is 10.3 Å². The van der Waals surface area contributed by atoms with E-state index in [2.05, 4.69) is 20.3 Å². The van der Waals surface area contributed by atoms with E-state index < -0.39 is 11.9 Å². The lowest BCUT2D eigenvalue weighted by Crippen LogP contribution is -2.14. The van der Waals surface area contributed by atoms with Gasteiger partial charge in [0.05, 0.1) is 0 Å². The third-order valence-corrected chi connectivity index (χ3v) is 3.11. The molecular weight excluding hydrogens is 293 g/mol. The normalized spacial score (nSPS) is 11.6. The van der Waals surface area contributed by atoms with Crippen LogP contribution >= 0.6 is 11.3 Å². The zero-order chi connectivity index (χ0) is 14.8. The summed E-state index contributed by atoms with van der Waals surface area (Å²) in [6.45, 7) is 1.80. The maximum atomic E-state index is 12.6. The maximum absolute atomic E-state index is 12.6. The van der Waals surface area contributed by atoms with Crippen LogP contribution in [0.1, 0.15) is 17.1 Å². The van der Waals surface area contributed by atoms with Gasteiger partial charge in [-0.25, -0.2) is 9.97 Å². The summed E-state index contributed by atoms with van der Waals surface area (Å²) in [5, 5.41) is 4.38. The number of aryl methyl sites for hydroxylation is 1. The second-order valence-corrected chi connectivity index (χ2v) is 4.91. The average Bonchev–Trinajstić information content (AvgIpc) is 2.73. The van der Waals surface area contributed by atoms with Crippen molar-refractivity contribution in [3.05, 3.63) is 38.2 Å². The Bertz CT molecular complexity index is 650. The Labute approximate surface area is 115 Å². The average molecular weight is 304 g/mol. The van der Waals surface area contributed by atoms with Gasteiger partial charge in [-0.05, 0) is 13.0 Å². The largest absolute Gasteiger partial charge is 0.433 e. The molecule has 0 radical (unpaired) electrons. The van der Waals surface area contributed by atoms with Crippen LogP contribution in [0.15, 0.2) is 16.2 Å². The van der Waals surface area contributed by atoms with Crippen molar-refractivity contribution in [1.82, 2.24) is 15.0 Å². The molecule has 0 saturated heterocycles. The van der Waals surface area contributed by atoms with Gasteiger partial charge in [-0.2, -0.15) is 13.2 Å². The third kappa shape index (κ3) is 3.80. The molecule has 5 nitrogen and oxygen atoms in total. The van der Waals surface area contributed by atoms with Crippen LogP contribution < -0.4 is 10.2 Å². The third-order valence-electron chi connectivity index (χ3n) is 2.39. The van der Waals surface area contributed by atoms with E-state index in [1.165, 1.54) is 6.92 Å². The van der Waals surface area contributed by atoms with E-state index >= 15 is 0 Å². The van der Waals surface area contributed by atoms with Gasteiger partial charge >= 0.3 is 11.0 Å². The molecule has 0 aliphatic rings. The van der Waals surface area contributed by atoms with Crippen molar-refractivity contribution in [2.45, 2.75) is 19.5 Å². The summed E-state index contributed by atoms with van der Waals surface area (Å²) in [6, 6.07) is 0.890. The molecule has 0 aliphatic heterocycles. The first-order chi connectivity index (χ1) is 9.34. The lowest BCUT2D eigenvalue weighted by atomic mass is 10.3. The minimum Gasteiger partial charge on any atom is -0.354 e. The Balaban J connectivity index is 2.02. The molecular formula is C11H11F3N4OS. The van der Waals surface area contributed by atoms with Gasteiger partial charge in [-0.15, -0.1) is 0 Å². The summed E-state index contributed by atoms with van der Waals surface area (Å²) < 4.78 is 37.7. The number of H-pyrrole nitrogens is 1. The molecule has 0 unspecified atom stereocenters. The van der Waals surface area contributed by atoms with Crippen LogP contribution in [-0.2, 0) is 12.6 Å². The van der Waals surface area contributed by atoms with E-state index in [1.54, 1.807) is 5.38 Å². The molecule has 0 atom stereocenters. The van der Waals surface area contributed by atoms with Crippen LogP contribution in [-0.4, -0.2) is 21.5 Å². The van der Waals surface area contributed by atoms with E-state index in [0.29, 0.717) is 13.0 Å². The number of aromatic nitrogens is 3. The second kappa shape index (κ2) is 5.61. The number of nitrogens with one attached hydrogen (secondary N) is 2. The highest BCUT2D eigenvalue weighted by molar-refractivity contribution is 7.07. The highest BCUT2D eigenvalue weighted by Gasteiger charge is 2.33. The van der Waals surface area contributed by atoms with Crippen molar-refractivity contribution in [2.75, 3.05) is 11.9 Å². The van der Waals surface area contributed by atoms with E-state index in [1.807, 2.05) is 0 Å². The van der Waals surface area contributed by atoms with Gasteiger partial charge in [0.1, 0.15) is 5.69 Å². The molecule has 108 valence electrons. The summed E-state index contributed by atoms with van der Waals surface area (Å²) in [7, 11) is 0. The van der Waals surface area contributed by atoms with Crippen LogP contribution in [0.5, 0.6) is 0 Å². The standard InChI is InChI=1S/C11H11F3N4OS/c1-6-4-8(11(12,13)14)18-9(16-6)15-3-2-7-5-20-10(19)17-7/h4-5H,2-3H2,1H3,(H,17,19)(H,15,16,18). The molecule has 2 N–H and O–H groups in total. The van der Waals surface area contributed by atoms with Gasteiger partial charge in [0.25, 0.3) is 0 Å². The molecule has 0 aromatic carbocycles. The summed E-state index contributed by atoms with van der Waals surface area (Å²) >= 11 is 1.04. The van der Waals surface area contributed by atoms with Crippen LogP contribution in [0.4, 0.5) is 19.1 Å². The lowest BCUT2D eigenvalue weighted by molar-refractivity contribution is -0.141. The van der Waals surface area contributed by atoms with E-state index in [-0.39, 0.29) is 16.5 Å². The van der Waals surface area contributed by atoms with Gasteiger partial charge in [0, 0.05) is 29.7 Å². The molecule has 0 fully saturated rings. The first kappa shape index (κ1) is 14.5. The fourth-order valence-electron chi connectivity index (χ4n) is 1.54. The van der Waals surface area contributed by atoms with E-state index in [4.69, 9.17) is 0 Å². The number of thiazole rings is 1. The minimum atomic E-state index is -4.50. The van der Waals surface area contributed by atoms with Crippen molar-refractivity contribution < 1.29 is 13.2 Å². The molecule has 2 aromatic heterocycles. The fraction of sp³-hybridized carbons (Fsp3) is 0.364. The summed E-state index contributed by atoms with van der Waals surface area (Å²) in [4.78, 5) is 20.7. The number of nitrogens with zero attached hydrogens (tertiary/aromatic N) is 2. The Morgan fingerprint density at radius 2 is 2.15 bits per heavy atom. The lowest BCUT2D eigenvalue weighted by Gasteiger charge is -2.09. The molecule has 20 heavy (non-hydrogen) atoms. The predicted molar refractivity (Wildman–Crippen MR) is 68.9 cm³/mol. The maximum Gasteiger partial charge on any atom is 0.433 e. The monoisotopic (exact) mass is 304 g/mol. The van der Waals surface area contributed by atoms with Crippen molar-refractivity contribution in [2.24, 2.45) is 0 Å². The van der Waals surface area contributed by atoms with Crippen LogP contribution in [0.25, 0.3) is 0 Å². The molecule has 2 rings (SSSR count). The molecule has 0 spiro atoms. The van der Waals surface area contributed by atoms with Gasteiger partial charge in [0.2, 0.25) is 5.95 Å². The van der Waals surface area contributed by atoms with Crippen molar-refractivity contribution in [3.8, 4) is 0 Å². The first-order valence-corrected chi connectivity index (χ1v) is 6.56. The zero-order valence-corrected chi connectivity index (χ0v) is 11.2. The molecule has 0 saturated carbocycles. The van der Waals surface area contributed by atoms with E-state index in [0.717, 1.165) is 23.1 Å². The zero-order valence-electron chi connectivity index (χ0n) is 10.4. The number of halogens is 3. The number of alkyl halides is 3. The second-order valence-electron chi connectivity index (χ2n) is 4.07. The number of anilines is 1. The summed E-state index contributed by atoms with van der Waals surface area (Å²) in [5.41, 5.74) is -0.0218. The predicted octanol–water partition coefficient (Wildman–Crippen LogP) is 2.21. The Kier molecular flexibility index (Phi) is 4.07. The Hall–Kier alpha value is -1.90. The fourth-order valence-corrected chi connectivity index (χ4v) is 2.15. The van der Waals surface area contributed by atoms with Gasteiger partial charge in [-0.3, -0.25) is 4.79 Å². The molecule has 2 aromatic rings. The molecule has 2 heterocycles. The van der Waals surface area contributed by atoms with Crippen molar-refractivity contribution >= 4 is 17.3 Å². The van der Waals surface area contributed by atoms with Crippen LogP contribution in [0.2, 0.25) is 0 Å². The van der Waals surface area contributed by atoms with Gasteiger partial charge in [0.15, 0.2) is 0 Å². The van der Waals surface area contributed by atoms with Gasteiger partial charge in [-0.1, -0.05) is 11.3 Å². The topological polar surface area (TPSA) is 70.7 Å². The first-order valence-electron chi connectivity index (χ1n) is 5.68. The highest BCUT2D eigenvalue weighted by Crippen LogP contribution is 2.28. The molecule has 0 amide bonds. The Morgan fingerprint density at radius 1 is 1.40 bits per heavy atom. The summed E-state index contributed by atoms with van der Waals surface area (Å²) in [6.07, 6.45) is -4.03. The number of aromatic amines is 1. The molecule has 0 bridgehead atoms. The van der Waals surface area contributed by atoms with Crippen LogP contribution in [0.3, 0.4) is 0 Å². The minimum absolute atomic E-state index is 0.0742. The molecule has 9 heteroatoms. The number of hydrogen-bond donors (Lipinski definition) is 2. The van der Waals surface area contributed by atoms with Crippen molar-refractivity contribution in [1.29, 1.82) is 0 Å². The smallest absolute Gasteiger partial charge is 0.354 e. The quantitative estimate of drug-likeness (QED) is 0.908. The number of hydrogen-bond acceptors (Lipinski definition) is 5. The number of rotatable bonds is 4. The SMILES string of the molecule is Cc1cc(C(F)(F)F)nc(NCCc2csc(=O)[nH]2)n1. The highest BCUT2D eigenvalue weighted by atomic mass is 32.1. The van der Waals surface area contributed by atoms with Crippen molar-refractivity contribution in [3.63, 3.8) is 0 Å². The summed E-state index contributed by atoms with van der Waals surface area (Å²) in [5.74, 6) is -0.0742. The Morgan fingerprint density at radius 3 is 2.75 bits per heavy atom.